The molecule has 1 amide bonds. The summed E-state index contributed by atoms with van der Waals surface area (Å²) >= 11 is 0. The minimum absolute atomic E-state index is 0. The largest absolute Gasteiger partial charge is 0.497 e. The van der Waals surface area contributed by atoms with Crippen molar-refractivity contribution in [2.45, 2.75) is 31.2 Å². The summed E-state index contributed by atoms with van der Waals surface area (Å²) in [5.74, 6) is -0.161. The quantitative estimate of drug-likeness (QED) is 0.650. The van der Waals surface area contributed by atoms with Crippen LogP contribution < -0.4 is 10.5 Å². The number of aromatic nitrogens is 2. The molecule has 0 saturated heterocycles. The minimum atomic E-state index is -3.94. The molecule has 156 valence electrons. The standard InChI is InChI=1S/C18H26N4O4S.ClH/c1-13(2)10-22(17(18(19)23)9-14-11-21(3)12-20-14)27(24,25)16-7-5-15(26-4)6-8-16;/h5-8,11-13,17H,9-10H2,1-4H3,(H2,19,23);1H. The van der Waals surface area contributed by atoms with Gasteiger partial charge < -0.3 is 15.0 Å². The van der Waals surface area contributed by atoms with E-state index in [1.807, 2.05) is 13.8 Å². The summed E-state index contributed by atoms with van der Waals surface area (Å²) in [6, 6.07) is 5.02. The maximum atomic E-state index is 13.3. The molecule has 1 atom stereocenters. The number of primary amides is 1. The van der Waals surface area contributed by atoms with Crippen LogP contribution in [0.5, 0.6) is 5.75 Å². The van der Waals surface area contributed by atoms with Gasteiger partial charge in [-0.05, 0) is 30.2 Å². The smallest absolute Gasteiger partial charge is 0.243 e. The number of nitrogens with zero attached hydrogens (tertiary/aromatic N) is 3. The summed E-state index contributed by atoms with van der Waals surface area (Å²) in [6.07, 6.45) is 3.44. The van der Waals surface area contributed by atoms with Crippen LogP contribution in [-0.4, -0.2) is 47.9 Å². The van der Waals surface area contributed by atoms with Gasteiger partial charge in [-0.2, -0.15) is 4.31 Å². The molecule has 0 fully saturated rings. The number of ether oxygens (including phenoxy) is 1. The Labute approximate surface area is 172 Å². The number of halogens is 1. The van der Waals surface area contributed by atoms with Crippen molar-refractivity contribution in [1.82, 2.24) is 13.9 Å². The summed E-state index contributed by atoms with van der Waals surface area (Å²) in [5, 5.41) is 0. The number of nitrogens with two attached hydrogens (primary N) is 1. The van der Waals surface area contributed by atoms with E-state index in [4.69, 9.17) is 10.5 Å². The molecule has 1 aromatic heterocycles. The van der Waals surface area contributed by atoms with E-state index in [9.17, 15) is 13.2 Å². The minimum Gasteiger partial charge on any atom is -0.497 e. The van der Waals surface area contributed by atoms with E-state index in [-0.39, 0.29) is 36.2 Å². The van der Waals surface area contributed by atoms with E-state index in [0.717, 1.165) is 0 Å². The highest BCUT2D eigenvalue weighted by molar-refractivity contribution is 7.89. The molecule has 2 rings (SSSR count). The van der Waals surface area contributed by atoms with Crippen LogP contribution in [0.4, 0.5) is 0 Å². The highest BCUT2D eigenvalue weighted by Gasteiger charge is 2.35. The van der Waals surface area contributed by atoms with E-state index in [2.05, 4.69) is 4.98 Å². The lowest BCUT2D eigenvalue weighted by molar-refractivity contribution is -0.121. The SMILES string of the molecule is COc1ccc(S(=O)(=O)N(CC(C)C)C(Cc2cn(C)cn2)C(N)=O)cc1.Cl. The number of hydrogen-bond acceptors (Lipinski definition) is 5. The molecule has 10 heteroatoms. The van der Waals surface area contributed by atoms with E-state index < -0.39 is 22.0 Å². The molecule has 8 nitrogen and oxygen atoms in total. The van der Waals surface area contributed by atoms with Crippen LogP contribution in [0.3, 0.4) is 0 Å². The number of amides is 1. The van der Waals surface area contributed by atoms with Crippen LogP contribution in [0.1, 0.15) is 19.5 Å². The van der Waals surface area contributed by atoms with Crippen LogP contribution in [-0.2, 0) is 28.3 Å². The van der Waals surface area contributed by atoms with E-state index in [1.54, 1.807) is 36.3 Å². The van der Waals surface area contributed by atoms with Crippen molar-refractivity contribution in [3.05, 3.63) is 42.5 Å². The Morgan fingerprint density at radius 2 is 1.89 bits per heavy atom. The average Bonchev–Trinajstić information content (AvgIpc) is 3.02. The third kappa shape index (κ3) is 5.70. The Bertz CT molecular complexity index is 881. The number of hydrogen-bond donors (Lipinski definition) is 1. The van der Waals surface area contributed by atoms with Gasteiger partial charge in [0, 0.05) is 26.2 Å². The van der Waals surface area contributed by atoms with Gasteiger partial charge in [-0.15, -0.1) is 12.4 Å². The lowest BCUT2D eigenvalue weighted by Crippen LogP contribution is -2.50. The fourth-order valence-corrected chi connectivity index (χ4v) is 4.51. The molecule has 0 aliphatic rings. The predicted octanol–water partition coefficient (Wildman–Crippen LogP) is 1.59. The molecule has 0 aliphatic heterocycles. The molecule has 0 radical (unpaired) electrons. The summed E-state index contributed by atoms with van der Waals surface area (Å²) in [4.78, 5) is 16.4. The number of imidazole rings is 1. The molecule has 28 heavy (non-hydrogen) atoms. The van der Waals surface area contributed by atoms with Gasteiger partial charge in [0.25, 0.3) is 0 Å². The average molecular weight is 431 g/mol. The first-order chi connectivity index (χ1) is 12.6. The summed E-state index contributed by atoms with van der Waals surface area (Å²) in [7, 11) is -0.630. The van der Waals surface area contributed by atoms with Gasteiger partial charge >= 0.3 is 0 Å². The first-order valence-corrected chi connectivity index (χ1v) is 10.0. The maximum absolute atomic E-state index is 13.3. The first kappa shape index (κ1) is 23.9. The van der Waals surface area contributed by atoms with Crippen molar-refractivity contribution in [3.63, 3.8) is 0 Å². The second-order valence-corrected chi connectivity index (χ2v) is 8.69. The molecule has 1 aromatic carbocycles. The highest BCUT2D eigenvalue weighted by atomic mass is 35.5. The Hall–Kier alpha value is -2.10. The monoisotopic (exact) mass is 430 g/mol. The van der Waals surface area contributed by atoms with Crippen LogP contribution >= 0.6 is 12.4 Å². The molecule has 1 unspecified atom stereocenters. The van der Waals surface area contributed by atoms with Crippen molar-refractivity contribution in [2.75, 3.05) is 13.7 Å². The molecule has 1 heterocycles. The zero-order valence-electron chi connectivity index (χ0n) is 16.4. The number of benzene rings is 1. The zero-order valence-corrected chi connectivity index (χ0v) is 18.0. The lowest BCUT2D eigenvalue weighted by atomic mass is 10.1. The van der Waals surface area contributed by atoms with Crippen molar-refractivity contribution in [2.24, 2.45) is 18.7 Å². The third-order valence-corrected chi connectivity index (χ3v) is 5.94. The molecule has 2 aromatic rings. The van der Waals surface area contributed by atoms with Crippen molar-refractivity contribution >= 4 is 28.3 Å². The number of aryl methyl sites for hydroxylation is 1. The Morgan fingerprint density at radius 3 is 2.32 bits per heavy atom. The highest BCUT2D eigenvalue weighted by Crippen LogP contribution is 2.23. The predicted molar refractivity (Wildman–Crippen MR) is 109 cm³/mol. The fourth-order valence-electron chi connectivity index (χ4n) is 2.75. The summed E-state index contributed by atoms with van der Waals surface area (Å²) < 4.78 is 34.5. The molecular formula is C18H27ClN4O4S. The number of methoxy groups -OCH3 is 1. The van der Waals surface area contributed by atoms with E-state index in [0.29, 0.717) is 11.4 Å². The molecule has 0 aliphatic carbocycles. The van der Waals surface area contributed by atoms with Crippen LogP contribution in [0.15, 0.2) is 41.7 Å². The van der Waals surface area contributed by atoms with Gasteiger partial charge in [0.15, 0.2) is 0 Å². The Kier molecular flexibility index (Phi) is 8.47. The molecular weight excluding hydrogens is 404 g/mol. The second kappa shape index (κ2) is 9.90. The van der Waals surface area contributed by atoms with Crippen molar-refractivity contribution in [1.29, 1.82) is 0 Å². The number of rotatable bonds is 9. The topological polar surface area (TPSA) is 108 Å². The van der Waals surface area contributed by atoms with Gasteiger partial charge in [0.1, 0.15) is 11.8 Å². The van der Waals surface area contributed by atoms with Gasteiger partial charge in [-0.3, -0.25) is 4.79 Å². The van der Waals surface area contributed by atoms with Crippen LogP contribution in [0, 0.1) is 5.92 Å². The number of sulfonamides is 1. The fraction of sp³-hybridized carbons (Fsp3) is 0.444. The van der Waals surface area contributed by atoms with Gasteiger partial charge in [0.2, 0.25) is 15.9 Å². The zero-order chi connectivity index (χ0) is 20.2. The molecule has 0 spiro atoms. The van der Waals surface area contributed by atoms with Gasteiger partial charge in [-0.25, -0.2) is 13.4 Å². The number of carbonyl (C=O) groups is 1. The van der Waals surface area contributed by atoms with Crippen LogP contribution in [0.2, 0.25) is 0 Å². The van der Waals surface area contributed by atoms with Crippen molar-refractivity contribution < 1.29 is 17.9 Å². The first-order valence-electron chi connectivity index (χ1n) is 8.57. The van der Waals surface area contributed by atoms with E-state index in [1.165, 1.54) is 23.5 Å². The van der Waals surface area contributed by atoms with Gasteiger partial charge in [0.05, 0.1) is 24.0 Å². The van der Waals surface area contributed by atoms with Gasteiger partial charge in [-0.1, -0.05) is 13.8 Å². The number of carbonyl (C=O) groups excluding carboxylic acids is 1. The van der Waals surface area contributed by atoms with Crippen molar-refractivity contribution in [3.8, 4) is 5.75 Å². The third-order valence-electron chi connectivity index (χ3n) is 4.05. The molecule has 2 N–H and O–H groups in total. The van der Waals surface area contributed by atoms with Crippen LogP contribution in [0.25, 0.3) is 0 Å². The van der Waals surface area contributed by atoms with E-state index >= 15 is 0 Å². The Morgan fingerprint density at radius 1 is 1.29 bits per heavy atom. The summed E-state index contributed by atoms with van der Waals surface area (Å²) in [6.45, 7) is 3.93. The maximum Gasteiger partial charge on any atom is 0.243 e. The Balaban J connectivity index is 0.00000392. The normalized spacial score (nSPS) is 12.6. The molecule has 0 bridgehead atoms. The summed E-state index contributed by atoms with van der Waals surface area (Å²) in [5.41, 5.74) is 6.19. The lowest BCUT2D eigenvalue weighted by Gasteiger charge is -2.30. The second-order valence-electron chi connectivity index (χ2n) is 6.80. The molecule has 0 saturated carbocycles.